The fraction of sp³-hybridized carbons (Fsp3) is 0.267. The molecule has 0 saturated carbocycles. The highest BCUT2D eigenvalue weighted by molar-refractivity contribution is 5.83. The van der Waals surface area contributed by atoms with Crippen molar-refractivity contribution in [2.24, 2.45) is 5.73 Å². The summed E-state index contributed by atoms with van der Waals surface area (Å²) < 4.78 is 18.5. The van der Waals surface area contributed by atoms with E-state index in [0.29, 0.717) is 5.56 Å². The Bertz CT molecular complexity index is 585. The lowest BCUT2D eigenvalue weighted by molar-refractivity contribution is -0.149. The average molecular weight is 261 g/mol. The molecule has 2 atom stereocenters. The van der Waals surface area contributed by atoms with Crippen LogP contribution in [0.5, 0.6) is 0 Å². The number of rotatable bonds is 4. The normalized spacial score (nSPS) is 14.1. The first-order valence-electron chi connectivity index (χ1n) is 6.18. The molecule has 0 radical (unpaired) electrons. The Morgan fingerprint density at radius 2 is 1.95 bits per heavy atom. The first-order chi connectivity index (χ1) is 9.13. The van der Waals surface area contributed by atoms with Crippen molar-refractivity contribution < 1.29 is 13.9 Å². The maximum absolute atomic E-state index is 13.9. The Labute approximate surface area is 111 Å². The monoisotopic (exact) mass is 261 g/mol. The van der Waals surface area contributed by atoms with E-state index in [-0.39, 0.29) is 6.61 Å². The molecule has 1 unspecified atom stereocenters. The molecule has 0 aliphatic heterocycles. The molecule has 2 N–H and O–H groups in total. The summed E-state index contributed by atoms with van der Waals surface area (Å²) in [5.74, 6) is -0.914. The van der Waals surface area contributed by atoms with Gasteiger partial charge >= 0.3 is 5.97 Å². The van der Waals surface area contributed by atoms with Crippen LogP contribution >= 0.6 is 0 Å². The van der Waals surface area contributed by atoms with E-state index in [9.17, 15) is 9.18 Å². The third kappa shape index (κ3) is 2.90. The molecular formula is C15H16FNO2. The quantitative estimate of drug-likeness (QED) is 0.861. The lowest BCUT2D eigenvalue weighted by Crippen LogP contribution is -2.31. The number of benzene rings is 2. The number of alkyl halides is 1. The van der Waals surface area contributed by atoms with Gasteiger partial charge in [0.15, 0.2) is 0 Å². The summed E-state index contributed by atoms with van der Waals surface area (Å²) >= 11 is 0. The van der Waals surface area contributed by atoms with Crippen LogP contribution in [0.4, 0.5) is 4.39 Å². The average Bonchev–Trinajstić information content (AvgIpc) is 2.45. The van der Waals surface area contributed by atoms with Crippen LogP contribution in [0.3, 0.4) is 0 Å². The number of carbonyl (C=O) groups excluding carboxylic acids is 1. The smallest absolute Gasteiger partial charge is 0.342 e. The van der Waals surface area contributed by atoms with E-state index in [2.05, 4.69) is 4.74 Å². The second-order valence-electron chi connectivity index (χ2n) is 4.29. The summed E-state index contributed by atoms with van der Waals surface area (Å²) in [6.45, 7) is 1.77. The fourth-order valence-electron chi connectivity index (χ4n) is 1.95. The van der Waals surface area contributed by atoms with E-state index < -0.39 is 18.2 Å². The first kappa shape index (κ1) is 13.5. The molecule has 4 heteroatoms. The Kier molecular flexibility index (Phi) is 4.12. The van der Waals surface area contributed by atoms with Gasteiger partial charge in [0.2, 0.25) is 6.17 Å². The molecule has 0 heterocycles. The Balaban J connectivity index is 2.25. The third-order valence-electron chi connectivity index (χ3n) is 2.99. The second-order valence-corrected chi connectivity index (χ2v) is 4.29. The number of ether oxygens (including phenoxy) is 1. The van der Waals surface area contributed by atoms with Crippen LogP contribution in [0.2, 0.25) is 0 Å². The van der Waals surface area contributed by atoms with Gasteiger partial charge in [-0.05, 0) is 29.3 Å². The van der Waals surface area contributed by atoms with Gasteiger partial charge in [-0.1, -0.05) is 36.4 Å². The highest BCUT2D eigenvalue weighted by atomic mass is 19.1. The van der Waals surface area contributed by atoms with Gasteiger partial charge in [-0.3, -0.25) is 0 Å². The van der Waals surface area contributed by atoms with Crippen molar-refractivity contribution in [3.8, 4) is 0 Å². The lowest BCUT2D eigenvalue weighted by atomic mass is 9.99. The van der Waals surface area contributed by atoms with Crippen LogP contribution in [0.25, 0.3) is 10.8 Å². The van der Waals surface area contributed by atoms with Gasteiger partial charge in [-0.25, -0.2) is 9.18 Å². The molecule has 0 bridgehead atoms. The van der Waals surface area contributed by atoms with E-state index in [0.717, 1.165) is 10.8 Å². The van der Waals surface area contributed by atoms with Gasteiger partial charge in [0.1, 0.15) is 0 Å². The zero-order valence-electron chi connectivity index (χ0n) is 10.7. The van der Waals surface area contributed by atoms with Gasteiger partial charge in [-0.15, -0.1) is 0 Å². The number of halogens is 1. The number of nitrogens with two attached hydrogens (primary N) is 1. The predicted molar refractivity (Wildman–Crippen MR) is 72.4 cm³/mol. The highest BCUT2D eigenvalue weighted by Gasteiger charge is 2.27. The Morgan fingerprint density at radius 3 is 2.63 bits per heavy atom. The van der Waals surface area contributed by atoms with Gasteiger partial charge in [-0.2, -0.15) is 0 Å². The SMILES string of the molecule is CCOC(=O)C(F)[C@H](N)c1ccc2ccccc2c1. The zero-order valence-corrected chi connectivity index (χ0v) is 10.7. The summed E-state index contributed by atoms with van der Waals surface area (Å²) in [4.78, 5) is 11.3. The molecule has 0 spiro atoms. The van der Waals surface area contributed by atoms with Gasteiger partial charge in [0.05, 0.1) is 12.6 Å². The molecule has 0 aliphatic rings. The van der Waals surface area contributed by atoms with Crippen LogP contribution in [-0.2, 0) is 9.53 Å². The summed E-state index contributed by atoms with van der Waals surface area (Å²) in [6.07, 6.45) is -1.85. The number of hydrogen-bond acceptors (Lipinski definition) is 3. The second kappa shape index (κ2) is 5.80. The molecule has 0 saturated heterocycles. The van der Waals surface area contributed by atoms with Crippen molar-refractivity contribution in [3.63, 3.8) is 0 Å². The van der Waals surface area contributed by atoms with E-state index in [4.69, 9.17) is 5.73 Å². The molecule has 0 aliphatic carbocycles. The van der Waals surface area contributed by atoms with Crippen LogP contribution in [0, 0.1) is 0 Å². The Morgan fingerprint density at radius 1 is 1.26 bits per heavy atom. The lowest BCUT2D eigenvalue weighted by Gasteiger charge is -2.16. The summed E-state index contributed by atoms with van der Waals surface area (Å²) in [6, 6.07) is 12.1. The predicted octanol–water partition coefficient (Wildman–Crippen LogP) is 2.74. The van der Waals surface area contributed by atoms with Crippen molar-refractivity contribution in [2.45, 2.75) is 19.1 Å². The minimum atomic E-state index is -1.85. The van der Waals surface area contributed by atoms with Crippen LogP contribution < -0.4 is 5.73 Å². The Hall–Kier alpha value is -1.94. The minimum absolute atomic E-state index is 0.143. The van der Waals surface area contributed by atoms with Crippen molar-refractivity contribution in [2.75, 3.05) is 6.61 Å². The van der Waals surface area contributed by atoms with E-state index in [1.807, 2.05) is 30.3 Å². The first-order valence-corrected chi connectivity index (χ1v) is 6.18. The zero-order chi connectivity index (χ0) is 13.8. The highest BCUT2D eigenvalue weighted by Crippen LogP contribution is 2.23. The summed E-state index contributed by atoms with van der Waals surface area (Å²) in [5.41, 5.74) is 6.37. The van der Waals surface area contributed by atoms with Crippen molar-refractivity contribution in [3.05, 3.63) is 48.0 Å². The molecule has 0 aromatic heterocycles. The van der Waals surface area contributed by atoms with Crippen molar-refractivity contribution >= 4 is 16.7 Å². The van der Waals surface area contributed by atoms with Crippen molar-refractivity contribution in [1.82, 2.24) is 0 Å². The standard InChI is InChI=1S/C15H16FNO2/c1-2-19-15(18)13(16)14(17)12-8-7-10-5-3-4-6-11(10)9-12/h3-9,13-14H,2,17H2,1H3/t13?,14-/m1/s1. The van der Waals surface area contributed by atoms with Crippen LogP contribution in [0.15, 0.2) is 42.5 Å². The van der Waals surface area contributed by atoms with Gasteiger partial charge < -0.3 is 10.5 Å². The summed E-state index contributed by atoms with van der Waals surface area (Å²) in [5, 5.41) is 2.01. The molecule has 2 aromatic rings. The molecule has 3 nitrogen and oxygen atoms in total. The molecule has 2 aromatic carbocycles. The maximum atomic E-state index is 13.9. The van der Waals surface area contributed by atoms with Gasteiger partial charge in [0, 0.05) is 0 Å². The largest absolute Gasteiger partial charge is 0.464 e. The maximum Gasteiger partial charge on any atom is 0.342 e. The fourth-order valence-corrected chi connectivity index (χ4v) is 1.95. The topological polar surface area (TPSA) is 52.3 Å². The molecular weight excluding hydrogens is 245 g/mol. The summed E-state index contributed by atoms with van der Waals surface area (Å²) in [7, 11) is 0. The van der Waals surface area contributed by atoms with Crippen LogP contribution in [0.1, 0.15) is 18.5 Å². The molecule has 100 valence electrons. The number of fused-ring (bicyclic) bond motifs is 1. The van der Waals surface area contributed by atoms with E-state index in [1.165, 1.54) is 0 Å². The van der Waals surface area contributed by atoms with Crippen molar-refractivity contribution in [1.29, 1.82) is 0 Å². The molecule has 2 rings (SSSR count). The van der Waals surface area contributed by atoms with Gasteiger partial charge in [0.25, 0.3) is 0 Å². The third-order valence-corrected chi connectivity index (χ3v) is 2.99. The number of hydrogen-bond donors (Lipinski definition) is 1. The molecule has 0 fully saturated rings. The number of carbonyl (C=O) groups is 1. The minimum Gasteiger partial charge on any atom is -0.464 e. The molecule has 19 heavy (non-hydrogen) atoms. The van der Waals surface area contributed by atoms with E-state index in [1.54, 1.807) is 19.1 Å². The van der Waals surface area contributed by atoms with Crippen LogP contribution in [-0.4, -0.2) is 18.7 Å². The van der Waals surface area contributed by atoms with E-state index >= 15 is 0 Å². The molecule has 0 amide bonds. The number of esters is 1.